The summed E-state index contributed by atoms with van der Waals surface area (Å²) in [5.41, 5.74) is 6.26. The average molecular weight is 236 g/mol. The summed E-state index contributed by atoms with van der Waals surface area (Å²) in [6.45, 7) is 0.380. The van der Waals surface area contributed by atoms with E-state index in [1.807, 2.05) is 0 Å². The number of ether oxygens (including phenoxy) is 1. The Morgan fingerprint density at radius 3 is 2.88 bits per heavy atom. The molecule has 0 amide bonds. The minimum Gasteiger partial charge on any atom is -0.456 e. The van der Waals surface area contributed by atoms with Gasteiger partial charge in [0, 0.05) is 31.1 Å². The molecule has 0 aliphatic carbocycles. The third-order valence-corrected chi connectivity index (χ3v) is 2.12. The van der Waals surface area contributed by atoms with Crippen LogP contribution in [0.1, 0.15) is 5.69 Å². The first-order valence-electron chi connectivity index (χ1n) is 4.71. The molecule has 4 nitrogen and oxygen atoms in total. The molecule has 0 aliphatic heterocycles. The second kappa shape index (κ2) is 4.92. The molecule has 0 unspecified atom stereocenters. The topological polar surface area (TPSA) is 61.0 Å². The Hall–Kier alpha value is -1.65. The molecular formula is C11H10ClN3O. The van der Waals surface area contributed by atoms with Crippen molar-refractivity contribution in [2.75, 3.05) is 0 Å². The normalized spacial score (nSPS) is 10.1. The van der Waals surface area contributed by atoms with Gasteiger partial charge in [-0.25, -0.2) is 0 Å². The molecule has 0 bridgehead atoms. The van der Waals surface area contributed by atoms with Gasteiger partial charge in [-0.2, -0.15) is 0 Å². The van der Waals surface area contributed by atoms with E-state index < -0.39 is 0 Å². The van der Waals surface area contributed by atoms with Gasteiger partial charge in [-0.3, -0.25) is 9.97 Å². The lowest BCUT2D eigenvalue weighted by Gasteiger charge is -2.06. The van der Waals surface area contributed by atoms with Crippen LogP contribution in [-0.2, 0) is 6.54 Å². The zero-order chi connectivity index (χ0) is 11.4. The Kier molecular flexibility index (Phi) is 3.34. The van der Waals surface area contributed by atoms with Crippen LogP contribution in [0.4, 0.5) is 0 Å². The number of aromatic nitrogens is 2. The molecule has 0 aliphatic rings. The Morgan fingerprint density at radius 2 is 2.12 bits per heavy atom. The lowest BCUT2D eigenvalue weighted by Crippen LogP contribution is -1.99. The molecule has 2 N–H and O–H groups in total. The molecule has 2 heterocycles. The van der Waals surface area contributed by atoms with Gasteiger partial charge < -0.3 is 10.5 Å². The lowest BCUT2D eigenvalue weighted by atomic mass is 10.3. The highest BCUT2D eigenvalue weighted by molar-refractivity contribution is 6.30. The molecule has 16 heavy (non-hydrogen) atoms. The standard InChI is InChI=1S/C11H10ClN3O/c12-8-3-11(7-14-6-8)16-10-1-2-15-9(4-10)5-13/h1-4,6-7H,5,13H2. The fourth-order valence-corrected chi connectivity index (χ4v) is 1.38. The van der Waals surface area contributed by atoms with Gasteiger partial charge in [-0.1, -0.05) is 11.6 Å². The van der Waals surface area contributed by atoms with E-state index in [2.05, 4.69) is 9.97 Å². The first-order chi connectivity index (χ1) is 7.78. The van der Waals surface area contributed by atoms with Crippen molar-refractivity contribution in [1.82, 2.24) is 9.97 Å². The van der Waals surface area contributed by atoms with E-state index in [1.54, 1.807) is 36.8 Å². The maximum atomic E-state index is 5.79. The Bertz CT molecular complexity index is 490. The van der Waals surface area contributed by atoms with Crippen molar-refractivity contribution in [1.29, 1.82) is 0 Å². The second-order valence-electron chi connectivity index (χ2n) is 3.13. The highest BCUT2D eigenvalue weighted by Crippen LogP contribution is 2.22. The van der Waals surface area contributed by atoms with Crippen molar-refractivity contribution in [3.63, 3.8) is 0 Å². The van der Waals surface area contributed by atoms with E-state index in [0.717, 1.165) is 5.69 Å². The van der Waals surface area contributed by atoms with Gasteiger partial charge in [-0.05, 0) is 6.07 Å². The van der Waals surface area contributed by atoms with Crippen LogP contribution < -0.4 is 10.5 Å². The van der Waals surface area contributed by atoms with Crippen molar-refractivity contribution < 1.29 is 4.74 Å². The fourth-order valence-electron chi connectivity index (χ4n) is 1.22. The second-order valence-corrected chi connectivity index (χ2v) is 3.56. The van der Waals surface area contributed by atoms with E-state index >= 15 is 0 Å². The Labute approximate surface area is 98.0 Å². The number of hydrogen-bond acceptors (Lipinski definition) is 4. The number of rotatable bonds is 3. The summed E-state index contributed by atoms with van der Waals surface area (Å²) in [4.78, 5) is 8.00. The zero-order valence-corrected chi connectivity index (χ0v) is 9.19. The van der Waals surface area contributed by atoms with Gasteiger partial charge in [0.05, 0.1) is 16.9 Å². The molecule has 0 atom stereocenters. The van der Waals surface area contributed by atoms with Crippen LogP contribution in [0.3, 0.4) is 0 Å². The van der Waals surface area contributed by atoms with Crippen LogP contribution in [0.15, 0.2) is 36.8 Å². The van der Waals surface area contributed by atoms with Crippen LogP contribution in [0.25, 0.3) is 0 Å². The number of pyridine rings is 2. The molecule has 82 valence electrons. The molecule has 0 radical (unpaired) electrons. The maximum absolute atomic E-state index is 5.79. The SMILES string of the molecule is NCc1cc(Oc2cncc(Cl)c2)ccn1. The zero-order valence-electron chi connectivity index (χ0n) is 8.43. The maximum Gasteiger partial charge on any atom is 0.147 e. The van der Waals surface area contributed by atoms with Crippen LogP contribution in [0.5, 0.6) is 11.5 Å². The molecule has 0 saturated carbocycles. The molecule has 5 heteroatoms. The third-order valence-electron chi connectivity index (χ3n) is 1.91. The molecular weight excluding hydrogens is 226 g/mol. The number of nitrogens with two attached hydrogens (primary N) is 1. The van der Waals surface area contributed by atoms with Crippen molar-refractivity contribution >= 4 is 11.6 Å². The summed E-state index contributed by atoms with van der Waals surface area (Å²) in [7, 11) is 0. The Balaban J connectivity index is 2.20. The predicted octanol–water partition coefficient (Wildman–Crippen LogP) is 2.38. The average Bonchev–Trinajstić information content (AvgIpc) is 2.29. The summed E-state index contributed by atoms with van der Waals surface area (Å²) in [5, 5.41) is 0.533. The van der Waals surface area contributed by atoms with Crippen molar-refractivity contribution in [2.24, 2.45) is 5.73 Å². The first-order valence-corrected chi connectivity index (χ1v) is 5.09. The monoisotopic (exact) mass is 235 g/mol. The molecule has 2 aromatic heterocycles. The number of halogens is 1. The number of nitrogens with zero attached hydrogens (tertiary/aromatic N) is 2. The van der Waals surface area contributed by atoms with Gasteiger partial charge in [-0.15, -0.1) is 0 Å². The third kappa shape index (κ3) is 2.68. The van der Waals surface area contributed by atoms with E-state index in [-0.39, 0.29) is 0 Å². The van der Waals surface area contributed by atoms with Gasteiger partial charge in [0.25, 0.3) is 0 Å². The highest BCUT2D eigenvalue weighted by atomic mass is 35.5. The van der Waals surface area contributed by atoms with Crippen molar-refractivity contribution in [3.05, 3.63) is 47.5 Å². The summed E-state index contributed by atoms with van der Waals surface area (Å²) in [6.07, 6.45) is 4.79. The largest absolute Gasteiger partial charge is 0.456 e. The van der Waals surface area contributed by atoms with Crippen molar-refractivity contribution in [3.8, 4) is 11.5 Å². The molecule has 0 saturated heterocycles. The van der Waals surface area contributed by atoms with Gasteiger partial charge in [0.15, 0.2) is 0 Å². The molecule has 2 aromatic rings. The van der Waals surface area contributed by atoms with Crippen LogP contribution in [0.2, 0.25) is 5.02 Å². The first kappa shape index (κ1) is 10.9. The van der Waals surface area contributed by atoms with E-state index in [9.17, 15) is 0 Å². The van der Waals surface area contributed by atoms with Gasteiger partial charge >= 0.3 is 0 Å². The minimum atomic E-state index is 0.380. The van der Waals surface area contributed by atoms with E-state index in [1.165, 1.54) is 0 Å². The quantitative estimate of drug-likeness (QED) is 0.887. The molecule has 0 spiro atoms. The van der Waals surface area contributed by atoms with Crippen molar-refractivity contribution in [2.45, 2.75) is 6.54 Å². The van der Waals surface area contributed by atoms with Gasteiger partial charge in [0.2, 0.25) is 0 Å². The summed E-state index contributed by atoms with van der Waals surface area (Å²) < 4.78 is 5.56. The number of hydrogen-bond donors (Lipinski definition) is 1. The molecule has 2 rings (SSSR count). The smallest absolute Gasteiger partial charge is 0.147 e. The summed E-state index contributed by atoms with van der Waals surface area (Å²) in [5.74, 6) is 1.25. The highest BCUT2D eigenvalue weighted by Gasteiger charge is 2.00. The Morgan fingerprint density at radius 1 is 1.25 bits per heavy atom. The molecule has 0 fully saturated rings. The van der Waals surface area contributed by atoms with E-state index in [4.69, 9.17) is 22.1 Å². The fraction of sp³-hybridized carbons (Fsp3) is 0.0909. The lowest BCUT2D eigenvalue weighted by molar-refractivity contribution is 0.478. The summed E-state index contributed by atoms with van der Waals surface area (Å²) in [6, 6.07) is 5.22. The minimum absolute atomic E-state index is 0.380. The van der Waals surface area contributed by atoms with Crippen LogP contribution in [-0.4, -0.2) is 9.97 Å². The summed E-state index contributed by atoms with van der Waals surface area (Å²) >= 11 is 5.79. The van der Waals surface area contributed by atoms with Crippen LogP contribution >= 0.6 is 11.6 Å². The predicted molar refractivity (Wildman–Crippen MR) is 61.4 cm³/mol. The van der Waals surface area contributed by atoms with Crippen LogP contribution in [0, 0.1) is 0 Å². The molecule has 0 aromatic carbocycles. The van der Waals surface area contributed by atoms with Gasteiger partial charge in [0.1, 0.15) is 11.5 Å². The van der Waals surface area contributed by atoms with E-state index in [0.29, 0.717) is 23.1 Å².